The number of aromatic nitrogens is 1. The lowest BCUT2D eigenvalue weighted by atomic mass is 10.2. The Morgan fingerprint density at radius 2 is 1.89 bits per heavy atom. The number of carbonyl (C=O) groups excluding carboxylic acids is 1. The molecule has 1 aliphatic heterocycles. The molecule has 6 heteroatoms. The Morgan fingerprint density at radius 1 is 1.22 bits per heavy atom. The van der Waals surface area contributed by atoms with Gasteiger partial charge in [-0.05, 0) is 18.9 Å². The molecule has 0 atom stereocenters. The van der Waals surface area contributed by atoms with Crippen molar-refractivity contribution < 1.29 is 14.7 Å². The fourth-order valence-corrected chi connectivity index (χ4v) is 2.03. The van der Waals surface area contributed by atoms with Gasteiger partial charge in [0.05, 0.1) is 5.56 Å². The van der Waals surface area contributed by atoms with E-state index >= 15 is 0 Å². The summed E-state index contributed by atoms with van der Waals surface area (Å²) in [5.41, 5.74) is -0.0619. The summed E-state index contributed by atoms with van der Waals surface area (Å²) in [5, 5.41) is 8.68. The van der Waals surface area contributed by atoms with Crippen molar-refractivity contribution in [1.29, 1.82) is 0 Å². The van der Waals surface area contributed by atoms with Crippen LogP contribution in [0, 0.1) is 0 Å². The van der Waals surface area contributed by atoms with Crippen LogP contribution in [0.4, 0.5) is 0 Å². The van der Waals surface area contributed by atoms with E-state index in [0.717, 1.165) is 30.5 Å². The maximum atomic E-state index is 12.1. The molecule has 2 heterocycles. The van der Waals surface area contributed by atoms with Crippen LogP contribution in [0.5, 0.6) is 0 Å². The maximum Gasteiger partial charge on any atom is 0.323 e. The molecule has 0 aliphatic carbocycles. The molecule has 2 rings (SSSR count). The first kappa shape index (κ1) is 12.3. The van der Waals surface area contributed by atoms with Crippen LogP contribution in [0.25, 0.3) is 0 Å². The first-order valence-electron chi connectivity index (χ1n) is 5.79. The van der Waals surface area contributed by atoms with Crippen molar-refractivity contribution in [2.75, 3.05) is 13.1 Å². The van der Waals surface area contributed by atoms with Gasteiger partial charge in [0.1, 0.15) is 6.54 Å². The fourth-order valence-electron chi connectivity index (χ4n) is 2.03. The predicted molar refractivity (Wildman–Crippen MR) is 63.5 cm³/mol. The fraction of sp³-hybridized carbons (Fsp3) is 0.417. The van der Waals surface area contributed by atoms with Crippen LogP contribution in [0.1, 0.15) is 23.2 Å². The molecular weight excluding hydrogens is 236 g/mol. The van der Waals surface area contributed by atoms with Gasteiger partial charge in [-0.25, -0.2) is 0 Å². The molecule has 6 nitrogen and oxygen atoms in total. The average Bonchev–Trinajstić information content (AvgIpc) is 2.84. The molecular formula is C12H14N2O4. The van der Waals surface area contributed by atoms with Crippen LogP contribution in [-0.4, -0.2) is 39.5 Å². The molecule has 1 fully saturated rings. The molecule has 18 heavy (non-hydrogen) atoms. The van der Waals surface area contributed by atoms with Crippen LogP contribution < -0.4 is 5.56 Å². The summed E-state index contributed by atoms with van der Waals surface area (Å²) in [6.07, 6.45) is 3.29. The number of carboxylic acids is 1. The zero-order valence-electron chi connectivity index (χ0n) is 9.83. The number of nitrogens with zero attached hydrogens (tertiary/aromatic N) is 2. The topological polar surface area (TPSA) is 79.6 Å². The molecule has 1 N–H and O–H groups in total. The number of hydrogen-bond acceptors (Lipinski definition) is 3. The lowest BCUT2D eigenvalue weighted by molar-refractivity contribution is -0.137. The zero-order chi connectivity index (χ0) is 13.1. The Kier molecular flexibility index (Phi) is 3.45. The third-order valence-corrected chi connectivity index (χ3v) is 2.93. The Morgan fingerprint density at radius 3 is 2.50 bits per heavy atom. The van der Waals surface area contributed by atoms with E-state index in [2.05, 4.69) is 0 Å². The summed E-state index contributed by atoms with van der Waals surface area (Å²) in [6, 6.07) is 2.67. The highest BCUT2D eigenvalue weighted by molar-refractivity contribution is 5.94. The Balaban J connectivity index is 2.25. The summed E-state index contributed by atoms with van der Waals surface area (Å²) < 4.78 is 1.03. The summed E-state index contributed by atoms with van der Waals surface area (Å²) >= 11 is 0. The molecule has 0 spiro atoms. The van der Waals surface area contributed by atoms with E-state index in [4.69, 9.17) is 5.11 Å². The Hall–Kier alpha value is -2.11. The summed E-state index contributed by atoms with van der Waals surface area (Å²) in [5.74, 6) is -1.26. The molecule has 1 saturated heterocycles. The number of carbonyl (C=O) groups is 2. The molecule has 0 radical (unpaired) electrons. The molecule has 1 aromatic rings. The maximum absolute atomic E-state index is 12.1. The van der Waals surface area contributed by atoms with Gasteiger partial charge in [-0.1, -0.05) is 0 Å². The normalized spacial score (nSPS) is 14.8. The number of carboxylic acid groups (broad SMARTS) is 1. The number of aliphatic carboxylic acids is 1. The molecule has 96 valence electrons. The molecule has 1 aromatic heterocycles. The van der Waals surface area contributed by atoms with Gasteiger partial charge in [0.25, 0.3) is 11.5 Å². The first-order chi connectivity index (χ1) is 8.58. The highest BCUT2D eigenvalue weighted by atomic mass is 16.4. The van der Waals surface area contributed by atoms with Crippen molar-refractivity contribution in [1.82, 2.24) is 9.47 Å². The molecule has 0 bridgehead atoms. The standard InChI is InChI=1S/C12H14N2O4/c15-10-4-3-9(7-14(10)8-11(16)17)12(18)13-5-1-2-6-13/h3-4,7H,1-2,5-6,8H2,(H,16,17). The second kappa shape index (κ2) is 5.03. The number of amides is 1. The van der Waals surface area contributed by atoms with Gasteiger partial charge in [0, 0.05) is 25.4 Å². The highest BCUT2D eigenvalue weighted by Crippen LogP contribution is 2.11. The van der Waals surface area contributed by atoms with E-state index in [1.54, 1.807) is 4.90 Å². The van der Waals surface area contributed by atoms with Crippen LogP contribution in [-0.2, 0) is 11.3 Å². The molecule has 0 unspecified atom stereocenters. The van der Waals surface area contributed by atoms with Gasteiger partial charge in [-0.2, -0.15) is 0 Å². The number of pyridine rings is 1. The molecule has 0 aromatic carbocycles. The minimum Gasteiger partial charge on any atom is -0.480 e. The van der Waals surface area contributed by atoms with E-state index in [1.807, 2.05) is 0 Å². The minimum absolute atomic E-state index is 0.147. The Labute approximate surface area is 103 Å². The first-order valence-corrected chi connectivity index (χ1v) is 5.79. The number of hydrogen-bond donors (Lipinski definition) is 1. The lowest BCUT2D eigenvalue weighted by Crippen LogP contribution is -2.30. The average molecular weight is 250 g/mol. The summed E-state index contributed by atoms with van der Waals surface area (Å²) in [4.78, 5) is 35.8. The van der Waals surface area contributed by atoms with E-state index in [0.29, 0.717) is 5.56 Å². The van der Waals surface area contributed by atoms with Crippen LogP contribution in [0.3, 0.4) is 0 Å². The van der Waals surface area contributed by atoms with Crippen molar-refractivity contribution in [3.63, 3.8) is 0 Å². The molecule has 1 aliphatic rings. The molecule has 0 saturated carbocycles. The van der Waals surface area contributed by atoms with Crippen molar-refractivity contribution in [2.24, 2.45) is 0 Å². The third kappa shape index (κ3) is 2.58. The third-order valence-electron chi connectivity index (χ3n) is 2.93. The highest BCUT2D eigenvalue weighted by Gasteiger charge is 2.20. The van der Waals surface area contributed by atoms with E-state index in [-0.39, 0.29) is 5.91 Å². The van der Waals surface area contributed by atoms with Crippen LogP contribution in [0.15, 0.2) is 23.1 Å². The van der Waals surface area contributed by atoms with E-state index in [1.165, 1.54) is 18.3 Å². The van der Waals surface area contributed by atoms with Crippen molar-refractivity contribution >= 4 is 11.9 Å². The summed E-state index contributed by atoms with van der Waals surface area (Å²) in [7, 11) is 0. The van der Waals surface area contributed by atoms with Gasteiger partial charge in [0.2, 0.25) is 0 Å². The smallest absolute Gasteiger partial charge is 0.323 e. The quantitative estimate of drug-likeness (QED) is 0.829. The van der Waals surface area contributed by atoms with Crippen LogP contribution >= 0.6 is 0 Å². The predicted octanol–water partition coefficient (Wildman–Crippen LogP) is 0.169. The van der Waals surface area contributed by atoms with Crippen LogP contribution in [0.2, 0.25) is 0 Å². The summed E-state index contributed by atoms with van der Waals surface area (Å²) in [6.45, 7) is 1.01. The second-order valence-electron chi connectivity index (χ2n) is 4.28. The number of likely N-dealkylation sites (tertiary alicyclic amines) is 1. The minimum atomic E-state index is -1.11. The van der Waals surface area contributed by atoms with Gasteiger partial charge in [-0.15, -0.1) is 0 Å². The largest absolute Gasteiger partial charge is 0.480 e. The van der Waals surface area contributed by atoms with Gasteiger partial charge in [-0.3, -0.25) is 14.4 Å². The molecule has 1 amide bonds. The number of rotatable bonds is 3. The van der Waals surface area contributed by atoms with Gasteiger partial charge >= 0.3 is 5.97 Å². The zero-order valence-corrected chi connectivity index (χ0v) is 9.83. The van der Waals surface area contributed by atoms with E-state index in [9.17, 15) is 14.4 Å². The Bertz CT molecular complexity index is 529. The van der Waals surface area contributed by atoms with Crippen molar-refractivity contribution in [2.45, 2.75) is 19.4 Å². The SMILES string of the molecule is O=C(O)Cn1cc(C(=O)N2CCCC2)ccc1=O. The van der Waals surface area contributed by atoms with Gasteiger partial charge in [0.15, 0.2) is 0 Å². The van der Waals surface area contributed by atoms with Crippen molar-refractivity contribution in [3.05, 3.63) is 34.2 Å². The van der Waals surface area contributed by atoms with E-state index < -0.39 is 18.1 Å². The van der Waals surface area contributed by atoms with Gasteiger partial charge < -0.3 is 14.6 Å². The monoisotopic (exact) mass is 250 g/mol. The lowest BCUT2D eigenvalue weighted by Gasteiger charge is -2.15. The van der Waals surface area contributed by atoms with Crippen molar-refractivity contribution in [3.8, 4) is 0 Å². The second-order valence-corrected chi connectivity index (χ2v) is 4.28.